The number of ether oxygens (including phenoxy) is 1. The van der Waals surface area contributed by atoms with Crippen LogP contribution in [0.15, 0.2) is 48.7 Å². The number of para-hydroxylation sites is 1. The molecule has 0 radical (unpaired) electrons. The largest absolute Gasteiger partial charge is 0.497 e. The van der Waals surface area contributed by atoms with Crippen molar-refractivity contribution in [3.8, 4) is 5.75 Å². The molecule has 0 unspecified atom stereocenters. The molecule has 2 N–H and O–H groups in total. The van der Waals surface area contributed by atoms with Gasteiger partial charge in [-0.25, -0.2) is 0 Å². The Balaban J connectivity index is 1.36. The van der Waals surface area contributed by atoms with Gasteiger partial charge in [-0.05, 0) is 90.3 Å². The van der Waals surface area contributed by atoms with E-state index < -0.39 is 0 Å². The lowest BCUT2D eigenvalue weighted by Gasteiger charge is -2.31. The molecule has 0 spiro atoms. The third-order valence-electron chi connectivity index (χ3n) is 5.46. The standard InChI is InChI=1S/C22H24IN3O2/c1-28-16-6-7-20-17(12-16)18(13-24-20)15-8-10-26(11-9-15)14-22(27)25-21-5-3-2-4-19(21)23/h2-7,12-13,15,24H,8-11,14H2,1H3,(H,25,27). The number of carbonyl (C=O) groups excluding carboxylic acids is 1. The van der Waals surface area contributed by atoms with Crippen LogP contribution in [0, 0.1) is 3.57 Å². The Morgan fingerprint density at radius 2 is 2.04 bits per heavy atom. The number of hydrogen-bond acceptors (Lipinski definition) is 3. The average molecular weight is 489 g/mol. The minimum atomic E-state index is 0.0550. The van der Waals surface area contributed by atoms with Crippen LogP contribution in [0.5, 0.6) is 5.75 Å². The maximum Gasteiger partial charge on any atom is 0.238 e. The summed E-state index contributed by atoms with van der Waals surface area (Å²) in [6.07, 6.45) is 4.25. The highest BCUT2D eigenvalue weighted by Crippen LogP contribution is 2.34. The summed E-state index contributed by atoms with van der Waals surface area (Å²) in [5.74, 6) is 1.45. The van der Waals surface area contributed by atoms with Gasteiger partial charge in [0.1, 0.15) is 5.75 Å². The summed E-state index contributed by atoms with van der Waals surface area (Å²) < 4.78 is 6.44. The molecular weight excluding hydrogens is 465 g/mol. The third-order valence-corrected chi connectivity index (χ3v) is 6.40. The molecule has 28 heavy (non-hydrogen) atoms. The van der Waals surface area contributed by atoms with Crippen LogP contribution in [0.2, 0.25) is 0 Å². The number of benzene rings is 2. The van der Waals surface area contributed by atoms with Crippen LogP contribution in [0.4, 0.5) is 5.69 Å². The quantitative estimate of drug-likeness (QED) is 0.516. The van der Waals surface area contributed by atoms with Gasteiger partial charge >= 0.3 is 0 Å². The second kappa shape index (κ2) is 8.53. The van der Waals surface area contributed by atoms with E-state index >= 15 is 0 Å². The van der Waals surface area contributed by atoms with Crippen molar-refractivity contribution < 1.29 is 9.53 Å². The number of aromatic nitrogens is 1. The molecule has 0 bridgehead atoms. The first-order valence-electron chi connectivity index (χ1n) is 9.56. The number of hydrogen-bond donors (Lipinski definition) is 2. The van der Waals surface area contributed by atoms with Crippen molar-refractivity contribution in [2.45, 2.75) is 18.8 Å². The van der Waals surface area contributed by atoms with E-state index in [1.54, 1.807) is 7.11 Å². The number of H-pyrrole nitrogens is 1. The maximum absolute atomic E-state index is 12.4. The molecule has 3 aromatic rings. The molecule has 0 atom stereocenters. The number of nitrogens with zero attached hydrogens (tertiary/aromatic N) is 1. The van der Waals surface area contributed by atoms with E-state index in [1.807, 2.05) is 30.3 Å². The first-order valence-corrected chi connectivity index (χ1v) is 10.6. The number of rotatable bonds is 5. The predicted molar refractivity (Wildman–Crippen MR) is 121 cm³/mol. The zero-order valence-corrected chi connectivity index (χ0v) is 18.0. The Labute approximate surface area is 178 Å². The Morgan fingerprint density at radius 1 is 1.25 bits per heavy atom. The van der Waals surface area contributed by atoms with Gasteiger partial charge in [0, 0.05) is 20.7 Å². The topological polar surface area (TPSA) is 57.4 Å². The minimum absolute atomic E-state index is 0.0550. The van der Waals surface area contributed by atoms with E-state index in [0.29, 0.717) is 12.5 Å². The highest BCUT2D eigenvalue weighted by Gasteiger charge is 2.24. The lowest BCUT2D eigenvalue weighted by atomic mass is 9.89. The van der Waals surface area contributed by atoms with E-state index in [4.69, 9.17) is 4.74 Å². The molecule has 1 aliphatic heterocycles. The fourth-order valence-electron chi connectivity index (χ4n) is 3.94. The summed E-state index contributed by atoms with van der Waals surface area (Å²) in [5, 5.41) is 4.27. The Bertz CT molecular complexity index is 977. The highest BCUT2D eigenvalue weighted by atomic mass is 127. The van der Waals surface area contributed by atoms with Gasteiger partial charge in [0.05, 0.1) is 19.3 Å². The second-order valence-corrected chi connectivity index (χ2v) is 8.40. The molecule has 4 rings (SSSR count). The van der Waals surface area contributed by atoms with Crippen LogP contribution in [0.1, 0.15) is 24.3 Å². The first-order chi connectivity index (χ1) is 13.6. The molecule has 1 aromatic heterocycles. The van der Waals surface area contributed by atoms with Gasteiger partial charge in [-0.2, -0.15) is 0 Å². The number of fused-ring (bicyclic) bond motifs is 1. The lowest BCUT2D eigenvalue weighted by Crippen LogP contribution is -2.38. The van der Waals surface area contributed by atoms with Gasteiger partial charge < -0.3 is 15.0 Å². The van der Waals surface area contributed by atoms with Crippen LogP contribution >= 0.6 is 22.6 Å². The van der Waals surface area contributed by atoms with Crippen molar-refractivity contribution in [3.63, 3.8) is 0 Å². The normalized spacial score (nSPS) is 15.6. The van der Waals surface area contributed by atoms with Gasteiger partial charge in [-0.3, -0.25) is 9.69 Å². The van der Waals surface area contributed by atoms with E-state index in [1.165, 1.54) is 10.9 Å². The molecule has 2 aromatic carbocycles. The molecule has 1 amide bonds. The van der Waals surface area contributed by atoms with Gasteiger partial charge in [-0.1, -0.05) is 12.1 Å². The van der Waals surface area contributed by atoms with E-state index in [2.05, 4.69) is 56.1 Å². The molecule has 0 saturated carbocycles. The highest BCUT2D eigenvalue weighted by molar-refractivity contribution is 14.1. The van der Waals surface area contributed by atoms with Crippen molar-refractivity contribution in [1.29, 1.82) is 0 Å². The number of carbonyl (C=O) groups is 1. The molecule has 6 heteroatoms. The number of methoxy groups -OCH3 is 1. The third kappa shape index (κ3) is 4.17. The minimum Gasteiger partial charge on any atom is -0.497 e. The summed E-state index contributed by atoms with van der Waals surface area (Å²) in [7, 11) is 1.70. The smallest absolute Gasteiger partial charge is 0.238 e. The van der Waals surface area contributed by atoms with E-state index in [9.17, 15) is 4.79 Å². The van der Waals surface area contributed by atoms with E-state index in [0.717, 1.165) is 46.5 Å². The van der Waals surface area contributed by atoms with Crippen LogP contribution in [0.3, 0.4) is 0 Å². The fourth-order valence-corrected chi connectivity index (χ4v) is 4.47. The number of anilines is 1. The molecule has 146 valence electrons. The molecular formula is C22H24IN3O2. The van der Waals surface area contributed by atoms with Crippen LogP contribution in [-0.4, -0.2) is 42.5 Å². The van der Waals surface area contributed by atoms with Gasteiger partial charge in [-0.15, -0.1) is 0 Å². The van der Waals surface area contributed by atoms with Crippen LogP contribution in [-0.2, 0) is 4.79 Å². The predicted octanol–water partition coefficient (Wildman–Crippen LogP) is 4.60. The summed E-state index contributed by atoms with van der Waals surface area (Å²) in [6.45, 7) is 2.31. The number of halogens is 1. The zero-order chi connectivity index (χ0) is 19.5. The SMILES string of the molecule is COc1ccc2[nH]cc(C3CCN(CC(=O)Nc4ccccc4I)CC3)c2c1. The molecule has 1 fully saturated rings. The van der Waals surface area contributed by atoms with Crippen molar-refractivity contribution >= 4 is 45.1 Å². The van der Waals surface area contributed by atoms with Crippen molar-refractivity contribution in [3.05, 3.63) is 57.8 Å². The number of aromatic amines is 1. The Hall–Kier alpha value is -2.06. The van der Waals surface area contributed by atoms with Gasteiger partial charge in [0.2, 0.25) is 5.91 Å². The molecule has 5 nitrogen and oxygen atoms in total. The number of amides is 1. The zero-order valence-electron chi connectivity index (χ0n) is 15.9. The summed E-state index contributed by atoms with van der Waals surface area (Å²) in [4.78, 5) is 18.0. The maximum atomic E-state index is 12.4. The second-order valence-electron chi connectivity index (χ2n) is 7.23. The van der Waals surface area contributed by atoms with Crippen LogP contribution < -0.4 is 10.1 Å². The number of likely N-dealkylation sites (tertiary alicyclic amines) is 1. The van der Waals surface area contributed by atoms with Gasteiger partial charge in [0.15, 0.2) is 0 Å². The lowest BCUT2D eigenvalue weighted by molar-refractivity contribution is -0.117. The monoisotopic (exact) mass is 489 g/mol. The first kappa shape index (κ1) is 19.3. The Morgan fingerprint density at radius 3 is 2.79 bits per heavy atom. The van der Waals surface area contributed by atoms with Crippen molar-refractivity contribution in [2.24, 2.45) is 0 Å². The van der Waals surface area contributed by atoms with Gasteiger partial charge in [0.25, 0.3) is 0 Å². The fraction of sp³-hybridized carbons (Fsp3) is 0.318. The van der Waals surface area contributed by atoms with Crippen molar-refractivity contribution in [2.75, 3.05) is 32.1 Å². The molecule has 1 aliphatic rings. The summed E-state index contributed by atoms with van der Waals surface area (Å²) in [5.41, 5.74) is 3.39. The van der Waals surface area contributed by atoms with E-state index in [-0.39, 0.29) is 5.91 Å². The molecule has 0 aliphatic carbocycles. The Kier molecular flexibility index (Phi) is 5.87. The van der Waals surface area contributed by atoms with Crippen molar-refractivity contribution in [1.82, 2.24) is 9.88 Å². The summed E-state index contributed by atoms with van der Waals surface area (Å²) >= 11 is 2.24. The summed E-state index contributed by atoms with van der Waals surface area (Å²) in [6, 6.07) is 14.0. The average Bonchev–Trinajstić information content (AvgIpc) is 3.13. The van der Waals surface area contributed by atoms with Crippen LogP contribution in [0.25, 0.3) is 10.9 Å². The number of nitrogens with one attached hydrogen (secondary N) is 2. The number of piperidine rings is 1. The molecule has 2 heterocycles. The molecule has 1 saturated heterocycles.